The van der Waals surface area contributed by atoms with Crippen LogP contribution in [0.15, 0.2) is 24.5 Å². The van der Waals surface area contributed by atoms with Crippen LogP contribution in [0.1, 0.15) is 38.3 Å². The summed E-state index contributed by atoms with van der Waals surface area (Å²) in [5.41, 5.74) is 1.27. The summed E-state index contributed by atoms with van der Waals surface area (Å²) in [5.74, 6) is 0.415. The molecule has 0 aliphatic heterocycles. The Labute approximate surface area is 97.9 Å². The molecule has 0 aromatic carbocycles. The van der Waals surface area contributed by atoms with Crippen molar-refractivity contribution in [3.05, 3.63) is 30.1 Å². The molecule has 2 atom stereocenters. The molecule has 16 heavy (non-hydrogen) atoms. The fraction of sp³-hybridized carbons (Fsp3) is 0.615. The van der Waals surface area contributed by atoms with Crippen molar-refractivity contribution in [2.45, 2.75) is 32.7 Å². The molecule has 0 radical (unpaired) electrons. The molecule has 1 heterocycles. The van der Waals surface area contributed by atoms with Gasteiger partial charge in [0.05, 0.1) is 0 Å². The van der Waals surface area contributed by atoms with Gasteiger partial charge in [-0.1, -0.05) is 6.92 Å². The van der Waals surface area contributed by atoms with E-state index in [0.29, 0.717) is 18.6 Å². The average molecular weight is 222 g/mol. The predicted octanol–water partition coefficient (Wildman–Crippen LogP) is 2.14. The average Bonchev–Trinajstić information content (AvgIpc) is 2.35. The summed E-state index contributed by atoms with van der Waals surface area (Å²) >= 11 is 0. The maximum Gasteiger partial charge on any atom is 0.0456 e. The molecule has 2 unspecified atom stereocenters. The van der Waals surface area contributed by atoms with Crippen LogP contribution in [0.2, 0.25) is 0 Å². The van der Waals surface area contributed by atoms with E-state index in [1.807, 2.05) is 24.5 Å². The lowest BCUT2D eigenvalue weighted by Gasteiger charge is -2.14. The molecule has 90 valence electrons. The summed E-state index contributed by atoms with van der Waals surface area (Å²) < 4.78 is 0. The second-order valence-corrected chi connectivity index (χ2v) is 4.39. The van der Waals surface area contributed by atoms with E-state index in [0.717, 1.165) is 19.4 Å². The summed E-state index contributed by atoms with van der Waals surface area (Å²) in [6.07, 6.45) is 5.83. The van der Waals surface area contributed by atoms with Gasteiger partial charge in [0.1, 0.15) is 0 Å². The second kappa shape index (κ2) is 7.36. The summed E-state index contributed by atoms with van der Waals surface area (Å²) in [6, 6.07) is 4.44. The van der Waals surface area contributed by atoms with Crippen molar-refractivity contribution in [1.82, 2.24) is 10.3 Å². The van der Waals surface area contributed by atoms with Gasteiger partial charge in [0, 0.05) is 25.0 Å². The minimum atomic E-state index is 0.292. The van der Waals surface area contributed by atoms with E-state index in [4.69, 9.17) is 5.11 Å². The first-order chi connectivity index (χ1) is 7.74. The number of pyridine rings is 1. The van der Waals surface area contributed by atoms with E-state index in [1.165, 1.54) is 5.56 Å². The van der Waals surface area contributed by atoms with E-state index < -0.39 is 0 Å². The summed E-state index contributed by atoms with van der Waals surface area (Å²) in [4.78, 5) is 4.00. The van der Waals surface area contributed by atoms with Crippen molar-refractivity contribution in [1.29, 1.82) is 0 Å². The van der Waals surface area contributed by atoms with E-state index >= 15 is 0 Å². The molecule has 0 amide bonds. The molecule has 3 heteroatoms. The van der Waals surface area contributed by atoms with Gasteiger partial charge in [-0.25, -0.2) is 0 Å². The standard InChI is InChI=1S/C13H22N2O/c1-11(10-16)4-3-7-15-12(2)13-5-8-14-9-6-13/h5-6,8-9,11-12,15-16H,3-4,7,10H2,1-2H3. The fourth-order valence-corrected chi connectivity index (χ4v) is 1.63. The number of aliphatic hydroxyl groups is 1. The summed E-state index contributed by atoms with van der Waals surface area (Å²) in [6.45, 7) is 5.52. The molecule has 0 bridgehead atoms. The molecule has 1 rings (SSSR count). The highest BCUT2D eigenvalue weighted by Crippen LogP contribution is 2.10. The number of nitrogens with zero attached hydrogens (tertiary/aromatic N) is 1. The number of hydrogen-bond acceptors (Lipinski definition) is 3. The van der Waals surface area contributed by atoms with Crippen molar-refractivity contribution in [2.75, 3.05) is 13.2 Å². The van der Waals surface area contributed by atoms with Crippen molar-refractivity contribution in [3.8, 4) is 0 Å². The second-order valence-electron chi connectivity index (χ2n) is 4.39. The van der Waals surface area contributed by atoms with Gasteiger partial charge in [0.25, 0.3) is 0 Å². The fourth-order valence-electron chi connectivity index (χ4n) is 1.63. The molecular formula is C13H22N2O. The van der Waals surface area contributed by atoms with Gasteiger partial charge in [0.2, 0.25) is 0 Å². The van der Waals surface area contributed by atoms with Crippen molar-refractivity contribution in [2.24, 2.45) is 5.92 Å². The Balaban J connectivity index is 2.18. The first-order valence-corrected chi connectivity index (χ1v) is 5.98. The molecule has 1 aromatic heterocycles. The number of rotatable bonds is 7. The zero-order valence-electron chi connectivity index (χ0n) is 10.2. The lowest BCUT2D eigenvalue weighted by Crippen LogP contribution is -2.20. The van der Waals surface area contributed by atoms with E-state index in [9.17, 15) is 0 Å². The summed E-state index contributed by atoms with van der Waals surface area (Å²) in [7, 11) is 0. The van der Waals surface area contributed by atoms with Crippen LogP contribution in [-0.2, 0) is 0 Å². The Hall–Kier alpha value is -0.930. The SMILES string of the molecule is CC(CO)CCCNC(C)c1ccncc1. The van der Waals surface area contributed by atoms with Gasteiger partial charge in [-0.3, -0.25) is 4.98 Å². The first kappa shape index (κ1) is 13.1. The molecule has 0 saturated carbocycles. The van der Waals surface area contributed by atoms with E-state index in [1.54, 1.807) is 0 Å². The van der Waals surface area contributed by atoms with E-state index in [2.05, 4.69) is 24.1 Å². The number of aromatic nitrogens is 1. The molecular weight excluding hydrogens is 200 g/mol. The van der Waals surface area contributed by atoms with Gasteiger partial charge >= 0.3 is 0 Å². The number of hydrogen-bond donors (Lipinski definition) is 2. The lowest BCUT2D eigenvalue weighted by molar-refractivity contribution is 0.227. The van der Waals surface area contributed by atoms with Crippen molar-refractivity contribution >= 4 is 0 Å². The van der Waals surface area contributed by atoms with Crippen LogP contribution in [0.4, 0.5) is 0 Å². The smallest absolute Gasteiger partial charge is 0.0456 e. The zero-order valence-corrected chi connectivity index (χ0v) is 10.2. The normalized spacial score (nSPS) is 14.7. The molecule has 2 N–H and O–H groups in total. The Bertz CT molecular complexity index is 277. The third kappa shape index (κ3) is 4.73. The lowest BCUT2D eigenvalue weighted by atomic mass is 10.1. The van der Waals surface area contributed by atoms with Gasteiger partial charge in [-0.2, -0.15) is 0 Å². The predicted molar refractivity (Wildman–Crippen MR) is 66.1 cm³/mol. The maximum absolute atomic E-state index is 8.89. The highest BCUT2D eigenvalue weighted by atomic mass is 16.3. The van der Waals surface area contributed by atoms with Gasteiger partial charge < -0.3 is 10.4 Å². The van der Waals surface area contributed by atoms with Crippen LogP contribution in [0, 0.1) is 5.92 Å². The molecule has 0 spiro atoms. The van der Waals surface area contributed by atoms with Crippen LogP contribution < -0.4 is 5.32 Å². The van der Waals surface area contributed by atoms with Crippen LogP contribution in [0.3, 0.4) is 0 Å². The largest absolute Gasteiger partial charge is 0.396 e. The number of nitrogens with one attached hydrogen (secondary N) is 1. The first-order valence-electron chi connectivity index (χ1n) is 5.98. The monoisotopic (exact) mass is 222 g/mol. The quantitative estimate of drug-likeness (QED) is 0.695. The molecule has 0 fully saturated rings. The van der Waals surface area contributed by atoms with Gasteiger partial charge in [0.15, 0.2) is 0 Å². The minimum Gasteiger partial charge on any atom is -0.396 e. The molecule has 3 nitrogen and oxygen atoms in total. The minimum absolute atomic E-state index is 0.292. The Morgan fingerprint density at radius 3 is 2.62 bits per heavy atom. The molecule has 0 aliphatic rings. The Kier molecular flexibility index (Phi) is 6.04. The molecule has 1 aromatic rings. The van der Waals surface area contributed by atoms with Crippen LogP contribution in [-0.4, -0.2) is 23.2 Å². The highest BCUT2D eigenvalue weighted by molar-refractivity contribution is 5.13. The molecule has 0 aliphatic carbocycles. The van der Waals surface area contributed by atoms with Crippen LogP contribution in [0.5, 0.6) is 0 Å². The maximum atomic E-state index is 8.89. The third-order valence-corrected chi connectivity index (χ3v) is 2.84. The molecule has 0 saturated heterocycles. The van der Waals surface area contributed by atoms with Gasteiger partial charge in [-0.05, 0) is 49.9 Å². The Morgan fingerprint density at radius 2 is 2.00 bits per heavy atom. The number of aliphatic hydroxyl groups excluding tert-OH is 1. The topological polar surface area (TPSA) is 45.1 Å². The highest BCUT2D eigenvalue weighted by Gasteiger charge is 2.04. The Morgan fingerprint density at radius 1 is 1.31 bits per heavy atom. The third-order valence-electron chi connectivity index (χ3n) is 2.84. The van der Waals surface area contributed by atoms with Gasteiger partial charge in [-0.15, -0.1) is 0 Å². The van der Waals surface area contributed by atoms with Crippen LogP contribution >= 0.6 is 0 Å². The van der Waals surface area contributed by atoms with E-state index in [-0.39, 0.29) is 0 Å². The van der Waals surface area contributed by atoms with Crippen molar-refractivity contribution < 1.29 is 5.11 Å². The van der Waals surface area contributed by atoms with Crippen molar-refractivity contribution in [3.63, 3.8) is 0 Å². The van der Waals surface area contributed by atoms with Crippen LogP contribution in [0.25, 0.3) is 0 Å². The summed E-state index contributed by atoms with van der Waals surface area (Å²) in [5, 5.41) is 12.4. The zero-order chi connectivity index (χ0) is 11.8.